The maximum absolute atomic E-state index is 11.7. The van der Waals surface area contributed by atoms with Crippen LogP contribution in [0.2, 0.25) is 0 Å². The maximum atomic E-state index is 11.7. The average Bonchev–Trinajstić information content (AvgIpc) is 2.40. The summed E-state index contributed by atoms with van der Waals surface area (Å²) >= 11 is 0. The van der Waals surface area contributed by atoms with Gasteiger partial charge in [0.05, 0.1) is 13.2 Å². The Morgan fingerprint density at radius 1 is 1.53 bits per heavy atom. The molecule has 0 saturated heterocycles. The lowest BCUT2D eigenvalue weighted by Crippen LogP contribution is -2.31. The van der Waals surface area contributed by atoms with E-state index in [4.69, 9.17) is 10.00 Å². The fraction of sp³-hybridized carbons (Fsp3) is 0.467. The molecule has 1 rings (SSSR count). The van der Waals surface area contributed by atoms with Crippen LogP contribution in [-0.2, 0) is 11.2 Å². The topological polar surface area (TPSA) is 62.1 Å². The van der Waals surface area contributed by atoms with Crippen molar-refractivity contribution >= 4 is 5.91 Å². The van der Waals surface area contributed by atoms with Crippen molar-refractivity contribution < 1.29 is 9.53 Å². The largest absolute Gasteiger partial charge is 0.496 e. The number of rotatable bonds is 6. The number of ether oxygens (including phenoxy) is 1. The van der Waals surface area contributed by atoms with Crippen molar-refractivity contribution in [3.8, 4) is 11.8 Å². The minimum atomic E-state index is -0.556. The predicted octanol–water partition coefficient (Wildman–Crippen LogP) is 2.21. The lowest BCUT2D eigenvalue weighted by molar-refractivity contribution is -0.123. The normalized spacial score (nSPS) is 11.5. The van der Waals surface area contributed by atoms with E-state index in [1.54, 1.807) is 7.11 Å². The molecule has 1 atom stereocenters. The summed E-state index contributed by atoms with van der Waals surface area (Å²) in [6.07, 6.45) is 1.23. The predicted molar refractivity (Wildman–Crippen MR) is 73.8 cm³/mol. The fourth-order valence-electron chi connectivity index (χ4n) is 1.88. The maximum Gasteiger partial charge on any atom is 0.237 e. The molecule has 0 aliphatic heterocycles. The summed E-state index contributed by atoms with van der Waals surface area (Å²) in [7, 11) is 1.63. The highest BCUT2D eigenvalue weighted by Gasteiger charge is 2.14. The van der Waals surface area contributed by atoms with Crippen LogP contribution in [0.3, 0.4) is 0 Å². The lowest BCUT2D eigenvalue weighted by atomic mass is 10.1. The van der Waals surface area contributed by atoms with Crippen molar-refractivity contribution in [3.63, 3.8) is 0 Å². The molecule has 1 aromatic rings. The molecule has 19 heavy (non-hydrogen) atoms. The van der Waals surface area contributed by atoms with Crippen molar-refractivity contribution in [2.75, 3.05) is 13.7 Å². The number of aryl methyl sites for hydroxylation is 1. The summed E-state index contributed by atoms with van der Waals surface area (Å²) < 4.78 is 5.28. The van der Waals surface area contributed by atoms with Crippen molar-refractivity contribution in [1.29, 1.82) is 5.26 Å². The number of carbonyl (C=O) groups excluding carboxylic acids is 1. The number of hydrogen-bond acceptors (Lipinski definition) is 3. The van der Waals surface area contributed by atoms with Gasteiger partial charge in [-0.15, -0.1) is 0 Å². The first-order valence-electron chi connectivity index (χ1n) is 6.43. The molecule has 1 amide bonds. The van der Waals surface area contributed by atoms with Crippen LogP contribution in [0.1, 0.15) is 24.5 Å². The Morgan fingerprint density at radius 2 is 2.26 bits per heavy atom. The van der Waals surface area contributed by atoms with Crippen LogP contribution in [0.25, 0.3) is 0 Å². The standard InChI is InChI=1S/C15H20N2O2/c1-4-12(10-16)15(18)17-8-7-13-9-11(2)5-6-14(13)19-3/h5-6,9,12H,4,7-8H2,1-3H3,(H,17,18). The van der Waals surface area contributed by atoms with E-state index in [-0.39, 0.29) is 5.91 Å². The number of methoxy groups -OCH3 is 1. The first kappa shape index (κ1) is 15.0. The highest BCUT2D eigenvalue weighted by atomic mass is 16.5. The molecule has 1 N–H and O–H groups in total. The first-order valence-corrected chi connectivity index (χ1v) is 6.43. The number of nitrogens with one attached hydrogen (secondary N) is 1. The van der Waals surface area contributed by atoms with Gasteiger partial charge in [-0.1, -0.05) is 24.6 Å². The van der Waals surface area contributed by atoms with Gasteiger partial charge in [-0.3, -0.25) is 4.79 Å². The van der Waals surface area contributed by atoms with Gasteiger partial charge in [-0.2, -0.15) is 5.26 Å². The molecule has 0 aliphatic carbocycles. The molecule has 0 spiro atoms. The number of hydrogen-bond donors (Lipinski definition) is 1. The molecule has 4 nitrogen and oxygen atoms in total. The van der Waals surface area contributed by atoms with Crippen molar-refractivity contribution in [2.45, 2.75) is 26.7 Å². The highest BCUT2D eigenvalue weighted by molar-refractivity contribution is 5.80. The number of nitriles is 1. The van der Waals surface area contributed by atoms with Crippen molar-refractivity contribution in [1.82, 2.24) is 5.32 Å². The van der Waals surface area contributed by atoms with Crippen molar-refractivity contribution in [3.05, 3.63) is 29.3 Å². The van der Waals surface area contributed by atoms with E-state index >= 15 is 0 Å². The summed E-state index contributed by atoms with van der Waals surface area (Å²) in [5.74, 6) is 0.0724. The van der Waals surface area contributed by atoms with E-state index in [0.29, 0.717) is 19.4 Å². The molecule has 1 aromatic carbocycles. The van der Waals surface area contributed by atoms with E-state index in [0.717, 1.165) is 16.9 Å². The molecule has 0 heterocycles. The Hall–Kier alpha value is -2.02. The van der Waals surface area contributed by atoms with Gasteiger partial charge in [-0.25, -0.2) is 0 Å². The number of benzene rings is 1. The van der Waals surface area contributed by atoms with Gasteiger partial charge in [0.2, 0.25) is 5.91 Å². The second kappa shape index (κ2) is 7.42. The first-order chi connectivity index (χ1) is 9.12. The van der Waals surface area contributed by atoms with Gasteiger partial charge in [0.25, 0.3) is 0 Å². The smallest absolute Gasteiger partial charge is 0.237 e. The molecule has 0 aliphatic rings. The number of amides is 1. The van der Waals surface area contributed by atoms with E-state index in [1.807, 2.05) is 38.1 Å². The zero-order valence-corrected chi connectivity index (χ0v) is 11.7. The third kappa shape index (κ3) is 4.29. The Bertz CT molecular complexity index is 478. The van der Waals surface area contributed by atoms with Gasteiger partial charge >= 0.3 is 0 Å². The lowest BCUT2D eigenvalue weighted by Gasteiger charge is -2.11. The van der Waals surface area contributed by atoms with E-state index < -0.39 is 5.92 Å². The minimum Gasteiger partial charge on any atom is -0.496 e. The Kier molecular flexibility index (Phi) is 5.87. The molecular weight excluding hydrogens is 240 g/mol. The van der Waals surface area contributed by atoms with E-state index in [1.165, 1.54) is 0 Å². The third-order valence-electron chi connectivity index (χ3n) is 3.01. The van der Waals surface area contributed by atoms with Crippen LogP contribution in [0.15, 0.2) is 18.2 Å². The van der Waals surface area contributed by atoms with Gasteiger partial charge in [0.1, 0.15) is 11.7 Å². The Labute approximate surface area is 114 Å². The fourth-order valence-corrected chi connectivity index (χ4v) is 1.88. The quantitative estimate of drug-likeness (QED) is 0.853. The zero-order chi connectivity index (χ0) is 14.3. The second-order valence-electron chi connectivity index (χ2n) is 4.45. The van der Waals surface area contributed by atoms with Crippen LogP contribution in [-0.4, -0.2) is 19.6 Å². The van der Waals surface area contributed by atoms with Gasteiger partial charge in [0.15, 0.2) is 0 Å². The Morgan fingerprint density at radius 3 is 2.84 bits per heavy atom. The van der Waals surface area contributed by atoms with E-state index in [9.17, 15) is 4.79 Å². The molecule has 1 unspecified atom stereocenters. The number of nitrogens with zero attached hydrogens (tertiary/aromatic N) is 1. The summed E-state index contributed by atoms with van der Waals surface area (Å²) in [6.45, 7) is 4.36. The van der Waals surface area contributed by atoms with Gasteiger partial charge in [0, 0.05) is 6.54 Å². The molecule has 102 valence electrons. The molecule has 4 heteroatoms. The Balaban J connectivity index is 2.56. The monoisotopic (exact) mass is 260 g/mol. The average molecular weight is 260 g/mol. The molecule has 0 radical (unpaired) electrons. The SMILES string of the molecule is CCC(C#N)C(=O)NCCc1cc(C)ccc1OC. The molecule has 0 aromatic heterocycles. The summed E-state index contributed by atoms with van der Waals surface area (Å²) in [5.41, 5.74) is 2.22. The van der Waals surface area contributed by atoms with Crippen LogP contribution in [0.4, 0.5) is 0 Å². The second-order valence-corrected chi connectivity index (χ2v) is 4.45. The molecule has 0 bridgehead atoms. The van der Waals surface area contributed by atoms with Crippen molar-refractivity contribution in [2.24, 2.45) is 5.92 Å². The van der Waals surface area contributed by atoms with Crippen LogP contribution in [0.5, 0.6) is 5.75 Å². The summed E-state index contributed by atoms with van der Waals surface area (Å²) in [5, 5.41) is 11.6. The zero-order valence-electron chi connectivity index (χ0n) is 11.7. The number of carbonyl (C=O) groups is 1. The summed E-state index contributed by atoms with van der Waals surface area (Å²) in [6, 6.07) is 7.96. The molecular formula is C15H20N2O2. The summed E-state index contributed by atoms with van der Waals surface area (Å²) in [4.78, 5) is 11.7. The van der Waals surface area contributed by atoms with Gasteiger partial charge in [-0.05, 0) is 31.4 Å². The minimum absolute atomic E-state index is 0.198. The van der Waals surface area contributed by atoms with Crippen LogP contribution < -0.4 is 10.1 Å². The highest BCUT2D eigenvalue weighted by Crippen LogP contribution is 2.19. The van der Waals surface area contributed by atoms with E-state index in [2.05, 4.69) is 5.32 Å². The van der Waals surface area contributed by atoms with Gasteiger partial charge < -0.3 is 10.1 Å². The molecule has 0 saturated carbocycles. The molecule has 0 fully saturated rings. The van der Waals surface area contributed by atoms with Crippen LogP contribution >= 0.6 is 0 Å². The third-order valence-corrected chi connectivity index (χ3v) is 3.01. The van der Waals surface area contributed by atoms with Crippen LogP contribution in [0, 0.1) is 24.2 Å².